The zero-order chi connectivity index (χ0) is 16.8. The minimum absolute atomic E-state index is 0.272. The number of benzene rings is 1. The van der Waals surface area contributed by atoms with Gasteiger partial charge in [0.25, 0.3) is 5.56 Å². The number of carbonyl (C=O) groups excluding carboxylic acids is 1. The maximum absolute atomic E-state index is 12.1. The number of carbonyl (C=O) groups is 1. The van der Waals surface area contributed by atoms with Crippen LogP contribution in [0.2, 0.25) is 0 Å². The van der Waals surface area contributed by atoms with Crippen LogP contribution in [0.4, 0.5) is 4.79 Å². The smallest absolute Gasteiger partial charge is 0.407 e. The molecule has 0 saturated heterocycles. The van der Waals surface area contributed by atoms with E-state index >= 15 is 0 Å². The highest BCUT2D eigenvalue weighted by molar-refractivity contribution is 5.82. The molecule has 1 atom stereocenters. The lowest BCUT2D eigenvalue weighted by molar-refractivity contribution is 0.0498. The summed E-state index contributed by atoms with van der Waals surface area (Å²) >= 11 is 0. The van der Waals surface area contributed by atoms with Crippen molar-refractivity contribution in [3.8, 4) is 0 Å². The van der Waals surface area contributed by atoms with E-state index in [1.54, 1.807) is 32.9 Å². The third-order valence-electron chi connectivity index (χ3n) is 3.69. The summed E-state index contributed by atoms with van der Waals surface area (Å²) in [4.78, 5) is 38.3. The summed E-state index contributed by atoms with van der Waals surface area (Å²) in [5, 5.41) is 3.27. The van der Waals surface area contributed by atoms with Crippen LogP contribution in [-0.4, -0.2) is 27.3 Å². The van der Waals surface area contributed by atoms with Crippen molar-refractivity contribution in [1.82, 2.24) is 14.9 Å². The summed E-state index contributed by atoms with van der Waals surface area (Å²) < 4.78 is 6.75. The second kappa shape index (κ2) is 5.26. The summed E-state index contributed by atoms with van der Waals surface area (Å²) in [5.41, 5.74) is 0.0624. The molecule has 122 valence electrons. The number of aromatic nitrogens is 2. The van der Waals surface area contributed by atoms with Gasteiger partial charge in [0.1, 0.15) is 5.60 Å². The third kappa shape index (κ3) is 2.99. The molecule has 0 spiro atoms. The molecule has 2 heterocycles. The molecule has 1 amide bonds. The molecule has 3 rings (SSSR count). The SMILES string of the molecule is CC(C)(C)OC(=O)NC1Cc2cccc3c(=O)[nH]c(=O)n(c23)C1. The zero-order valence-corrected chi connectivity index (χ0v) is 13.3. The first-order valence-corrected chi connectivity index (χ1v) is 7.49. The quantitative estimate of drug-likeness (QED) is 0.825. The van der Waals surface area contributed by atoms with Crippen LogP contribution in [0.25, 0.3) is 10.9 Å². The monoisotopic (exact) mass is 317 g/mol. The van der Waals surface area contributed by atoms with Crippen molar-refractivity contribution < 1.29 is 9.53 Å². The highest BCUT2D eigenvalue weighted by atomic mass is 16.6. The number of amides is 1. The first kappa shape index (κ1) is 15.3. The van der Waals surface area contributed by atoms with Crippen molar-refractivity contribution in [2.75, 3.05) is 0 Å². The predicted molar refractivity (Wildman–Crippen MR) is 85.7 cm³/mol. The summed E-state index contributed by atoms with van der Waals surface area (Å²) in [5.74, 6) is 0. The van der Waals surface area contributed by atoms with Gasteiger partial charge in [0, 0.05) is 6.54 Å². The molecule has 0 fully saturated rings. The lowest BCUT2D eigenvalue weighted by Crippen LogP contribution is -2.47. The summed E-state index contributed by atoms with van der Waals surface area (Å²) in [6.45, 7) is 5.67. The number of alkyl carbamates (subject to hydrolysis) is 1. The number of rotatable bonds is 1. The van der Waals surface area contributed by atoms with Gasteiger partial charge < -0.3 is 10.1 Å². The van der Waals surface area contributed by atoms with Gasteiger partial charge in [-0.15, -0.1) is 0 Å². The number of nitrogens with zero attached hydrogens (tertiary/aromatic N) is 1. The van der Waals surface area contributed by atoms with E-state index in [-0.39, 0.29) is 11.6 Å². The Morgan fingerprint density at radius 2 is 2.09 bits per heavy atom. The molecule has 1 unspecified atom stereocenters. The molecule has 23 heavy (non-hydrogen) atoms. The van der Waals surface area contributed by atoms with Gasteiger partial charge in [0.2, 0.25) is 0 Å². The fourth-order valence-electron chi connectivity index (χ4n) is 2.89. The van der Waals surface area contributed by atoms with Crippen molar-refractivity contribution in [3.05, 3.63) is 44.6 Å². The maximum Gasteiger partial charge on any atom is 0.407 e. The Hall–Kier alpha value is -2.57. The van der Waals surface area contributed by atoms with Crippen molar-refractivity contribution >= 4 is 17.0 Å². The van der Waals surface area contributed by atoms with E-state index in [0.29, 0.717) is 23.9 Å². The average molecular weight is 317 g/mol. The van der Waals surface area contributed by atoms with Gasteiger partial charge in [-0.25, -0.2) is 9.59 Å². The fourth-order valence-corrected chi connectivity index (χ4v) is 2.89. The van der Waals surface area contributed by atoms with Crippen LogP contribution in [-0.2, 0) is 17.7 Å². The maximum atomic E-state index is 12.1. The Morgan fingerprint density at radius 3 is 2.78 bits per heavy atom. The molecule has 7 heteroatoms. The van der Waals surface area contributed by atoms with Crippen LogP contribution in [0.1, 0.15) is 26.3 Å². The standard InChI is InChI=1S/C16H19N3O4/c1-16(2,3)23-15(22)17-10-7-9-5-4-6-11-12(9)19(8-10)14(21)18-13(11)20/h4-6,10H,7-8H2,1-3H3,(H,17,22)(H,18,20,21). The molecule has 1 aliphatic rings. The summed E-state index contributed by atoms with van der Waals surface area (Å²) in [6, 6.07) is 5.06. The molecular formula is C16H19N3O4. The number of nitrogens with one attached hydrogen (secondary N) is 2. The van der Waals surface area contributed by atoms with E-state index < -0.39 is 17.4 Å². The number of hydrogen-bond donors (Lipinski definition) is 2. The molecule has 1 aromatic carbocycles. The largest absolute Gasteiger partial charge is 0.444 e. The van der Waals surface area contributed by atoms with E-state index in [0.717, 1.165) is 5.56 Å². The molecule has 0 radical (unpaired) electrons. The normalized spacial score (nSPS) is 17.1. The van der Waals surface area contributed by atoms with Crippen molar-refractivity contribution in [1.29, 1.82) is 0 Å². The highest BCUT2D eigenvalue weighted by Gasteiger charge is 2.25. The van der Waals surface area contributed by atoms with Gasteiger partial charge >= 0.3 is 11.8 Å². The van der Waals surface area contributed by atoms with Gasteiger partial charge in [0.15, 0.2) is 0 Å². The van der Waals surface area contributed by atoms with Crippen LogP contribution in [0.15, 0.2) is 27.8 Å². The minimum Gasteiger partial charge on any atom is -0.444 e. The molecule has 7 nitrogen and oxygen atoms in total. The lowest BCUT2D eigenvalue weighted by Gasteiger charge is -2.28. The van der Waals surface area contributed by atoms with Crippen LogP contribution >= 0.6 is 0 Å². The molecule has 2 aromatic rings. The van der Waals surface area contributed by atoms with E-state index in [4.69, 9.17) is 4.74 Å². The number of H-pyrrole nitrogens is 1. The van der Waals surface area contributed by atoms with Gasteiger partial charge in [-0.05, 0) is 38.8 Å². The van der Waals surface area contributed by atoms with Crippen LogP contribution in [0.5, 0.6) is 0 Å². The van der Waals surface area contributed by atoms with Crippen LogP contribution < -0.4 is 16.6 Å². The first-order valence-electron chi connectivity index (χ1n) is 7.49. The average Bonchev–Trinajstić information content (AvgIpc) is 2.42. The second-order valence-electron chi connectivity index (χ2n) is 6.73. The van der Waals surface area contributed by atoms with Crippen LogP contribution in [0, 0.1) is 0 Å². The molecule has 0 aliphatic carbocycles. The summed E-state index contributed by atoms with van der Waals surface area (Å²) in [7, 11) is 0. The van der Waals surface area contributed by atoms with Gasteiger partial charge in [-0.2, -0.15) is 0 Å². The Bertz CT molecular complexity index is 889. The molecular weight excluding hydrogens is 298 g/mol. The van der Waals surface area contributed by atoms with E-state index in [9.17, 15) is 14.4 Å². The molecule has 1 aliphatic heterocycles. The summed E-state index contributed by atoms with van der Waals surface area (Å²) in [6.07, 6.45) is 0.0232. The van der Waals surface area contributed by atoms with E-state index in [1.165, 1.54) is 4.57 Å². The fraction of sp³-hybridized carbons (Fsp3) is 0.438. The van der Waals surface area contributed by atoms with Gasteiger partial charge in [-0.3, -0.25) is 14.3 Å². The van der Waals surface area contributed by atoms with Crippen molar-refractivity contribution in [3.63, 3.8) is 0 Å². The lowest BCUT2D eigenvalue weighted by atomic mass is 9.99. The molecule has 0 bridgehead atoms. The number of hydrogen-bond acceptors (Lipinski definition) is 4. The Balaban J connectivity index is 1.93. The Kier molecular flexibility index (Phi) is 3.50. The van der Waals surface area contributed by atoms with Gasteiger partial charge in [0.05, 0.1) is 16.9 Å². The molecule has 1 aromatic heterocycles. The second-order valence-corrected chi connectivity index (χ2v) is 6.73. The van der Waals surface area contributed by atoms with E-state index in [2.05, 4.69) is 10.3 Å². The van der Waals surface area contributed by atoms with Crippen LogP contribution in [0.3, 0.4) is 0 Å². The van der Waals surface area contributed by atoms with Crippen molar-refractivity contribution in [2.45, 2.75) is 45.4 Å². The number of ether oxygens (including phenoxy) is 1. The predicted octanol–water partition coefficient (Wildman–Crippen LogP) is 1.14. The van der Waals surface area contributed by atoms with Gasteiger partial charge in [-0.1, -0.05) is 12.1 Å². The van der Waals surface area contributed by atoms with E-state index in [1.807, 2.05) is 6.07 Å². The molecule has 0 saturated carbocycles. The first-order chi connectivity index (χ1) is 10.7. The third-order valence-corrected chi connectivity index (χ3v) is 3.69. The zero-order valence-electron chi connectivity index (χ0n) is 13.3. The highest BCUT2D eigenvalue weighted by Crippen LogP contribution is 2.21. The number of para-hydroxylation sites is 1. The minimum atomic E-state index is -0.585. The van der Waals surface area contributed by atoms with Crippen molar-refractivity contribution in [2.24, 2.45) is 0 Å². The topological polar surface area (TPSA) is 93.2 Å². The Morgan fingerprint density at radius 1 is 1.35 bits per heavy atom. The number of aromatic amines is 1. The molecule has 2 N–H and O–H groups in total. The Labute approximate surface area is 132 Å².